The number of methoxy groups -OCH3 is 1. The summed E-state index contributed by atoms with van der Waals surface area (Å²) in [5, 5.41) is 4.04. The van der Waals surface area contributed by atoms with Crippen LogP contribution in [0.25, 0.3) is 0 Å². The Morgan fingerprint density at radius 3 is 2.59 bits per heavy atom. The van der Waals surface area contributed by atoms with Crippen molar-refractivity contribution in [1.29, 1.82) is 0 Å². The molecule has 1 N–H and O–H groups in total. The third-order valence-corrected chi connectivity index (χ3v) is 2.97. The highest BCUT2D eigenvalue weighted by atomic mass is 35.5. The molecule has 2 aromatic rings. The van der Waals surface area contributed by atoms with Gasteiger partial charge in [-0.3, -0.25) is 0 Å². The van der Waals surface area contributed by atoms with Gasteiger partial charge in [0.2, 0.25) is 0 Å². The Labute approximate surface area is 106 Å². The number of hydrogen-bond acceptors (Lipinski definition) is 2. The molecule has 0 heterocycles. The Balaban J connectivity index is 2.28. The number of ether oxygens (including phenoxy) is 1. The molecular weight excluding hydrogens is 234 g/mol. The monoisotopic (exact) mass is 247 g/mol. The van der Waals surface area contributed by atoms with Gasteiger partial charge in [0.1, 0.15) is 5.75 Å². The summed E-state index contributed by atoms with van der Waals surface area (Å²) in [6.45, 7) is 1.98. The molecule has 0 radical (unpaired) electrons. The van der Waals surface area contributed by atoms with Crippen LogP contribution in [0.3, 0.4) is 0 Å². The molecule has 3 heteroatoms. The average Bonchev–Trinajstić information content (AvgIpc) is 2.34. The van der Waals surface area contributed by atoms with Crippen LogP contribution >= 0.6 is 11.6 Å². The topological polar surface area (TPSA) is 21.3 Å². The van der Waals surface area contributed by atoms with Crippen molar-refractivity contribution in [2.75, 3.05) is 12.4 Å². The lowest BCUT2D eigenvalue weighted by atomic mass is 10.2. The standard InChI is InChI=1S/C14H14ClNO/c1-10-7-8-11(9-12(10)15)16-13-5-3-4-6-14(13)17-2/h3-9,16H,1-2H3. The number of rotatable bonds is 3. The van der Waals surface area contributed by atoms with E-state index in [0.717, 1.165) is 27.7 Å². The maximum Gasteiger partial charge on any atom is 0.142 e. The van der Waals surface area contributed by atoms with Crippen LogP contribution < -0.4 is 10.1 Å². The van der Waals surface area contributed by atoms with Crippen molar-refractivity contribution in [1.82, 2.24) is 0 Å². The van der Waals surface area contributed by atoms with Gasteiger partial charge >= 0.3 is 0 Å². The van der Waals surface area contributed by atoms with Crippen molar-refractivity contribution in [3.05, 3.63) is 53.1 Å². The summed E-state index contributed by atoms with van der Waals surface area (Å²) < 4.78 is 5.28. The summed E-state index contributed by atoms with van der Waals surface area (Å²) in [6, 6.07) is 13.7. The van der Waals surface area contributed by atoms with Crippen LogP contribution in [0.5, 0.6) is 5.75 Å². The number of aryl methyl sites for hydroxylation is 1. The fraction of sp³-hybridized carbons (Fsp3) is 0.143. The summed E-state index contributed by atoms with van der Waals surface area (Å²) in [5.74, 6) is 0.809. The maximum absolute atomic E-state index is 6.08. The molecule has 0 atom stereocenters. The fourth-order valence-corrected chi connectivity index (χ4v) is 1.75. The first-order valence-corrected chi connectivity index (χ1v) is 5.74. The van der Waals surface area contributed by atoms with Gasteiger partial charge in [-0.1, -0.05) is 29.8 Å². The first-order valence-electron chi connectivity index (χ1n) is 5.37. The molecule has 0 spiro atoms. The summed E-state index contributed by atoms with van der Waals surface area (Å²) in [5.41, 5.74) is 2.94. The second-order valence-corrected chi connectivity index (χ2v) is 4.20. The van der Waals surface area contributed by atoms with Crippen LogP contribution in [-0.2, 0) is 0 Å². The van der Waals surface area contributed by atoms with E-state index in [4.69, 9.17) is 16.3 Å². The van der Waals surface area contributed by atoms with Crippen molar-refractivity contribution in [2.45, 2.75) is 6.92 Å². The number of hydrogen-bond donors (Lipinski definition) is 1. The molecule has 0 fully saturated rings. The molecule has 2 rings (SSSR count). The van der Waals surface area contributed by atoms with E-state index >= 15 is 0 Å². The van der Waals surface area contributed by atoms with Gasteiger partial charge < -0.3 is 10.1 Å². The molecule has 88 valence electrons. The van der Waals surface area contributed by atoms with E-state index in [0.29, 0.717) is 0 Å². The first kappa shape index (κ1) is 11.8. The molecule has 2 nitrogen and oxygen atoms in total. The Hall–Kier alpha value is -1.67. The van der Waals surface area contributed by atoms with Crippen LogP contribution in [0.4, 0.5) is 11.4 Å². The third kappa shape index (κ3) is 2.71. The molecule has 0 saturated carbocycles. The summed E-state index contributed by atoms with van der Waals surface area (Å²) in [6.07, 6.45) is 0. The maximum atomic E-state index is 6.08. The number of nitrogens with one attached hydrogen (secondary N) is 1. The van der Waals surface area contributed by atoms with Crippen molar-refractivity contribution in [3.63, 3.8) is 0 Å². The van der Waals surface area contributed by atoms with E-state index in [1.807, 2.05) is 49.4 Å². The van der Waals surface area contributed by atoms with E-state index in [-0.39, 0.29) is 0 Å². The molecule has 0 bridgehead atoms. The molecule has 0 amide bonds. The molecule has 0 aliphatic rings. The molecule has 0 aromatic heterocycles. The molecule has 0 unspecified atom stereocenters. The second-order valence-electron chi connectivity index (χ2n) is 3.79. The minimum Gasteiger partial charge on any atom is -0.495 e. The van der Waals surface area contributed by atoms with Crippen molar-refractivity contribution in [2.24, 2.45) is 0 Å². The van der Waals surface area contributed by atoms with E-state index in [9.17, 15) is 0 Å². The predicted molar refractivity (Wildman–Crippen MR) is 72.5 cm³/mol. The Kier molecular flexibility index (Phi) is 3.55. The SMILES string of the molecule is COc1ccccc1Nc1ccc(C)c(Cl)c1. The van der Waals surface area contributed by atoms with Gasteiger partial charge in [0.25, 0.3) is 0 Å². The highest BCUT2D eigenvalue weighted by molar-refractivity contribution is 6.31. The Morgan fingerprint density at radius 2 is 1.88 bits per heavy atom. The quantitative estimate of drug-likeness (QED) is 0.868. The van der Waals surface area contributed by atoms with E-state index in [2.05, 4.69) is 5.32 Å². The van der Waals surface area contributed by atoms with Gasteiger partial charge in [-0.2, -0.15) is 0 Å². The Bertz CT molecular complexity index is 525. The van der Waals surface area contributed by atoms with Crippen molar-refractivity contribution in [3.8, 4) is 5.75 Å². The summed E-state index contributed by atoms with van der Waals surface area (Å²) in [7, 11) is 1.66. The van der Waals surface area contributed by atoms with Gasteiger partial charge in [-0.25, -0.2) is 0 Å². The van der Waals surface area contributed by atoms with Gasteiger partial charge in [0, 0.05) is 10.7 Å². The zero-order chi connectivity index (χ0) is 12.3. The second kappa shape index (κ2) is 5.11. The van der Waals surface area contributed by atoms with Gasteiger partial charge in [0.05, 0.1) is 12.8 Å². The lowest BCUT2D eigenvalue weighted by molar-refractivity contribution is 0.417. The number of para-hydroxylation sites is 2. The van der Waals surface area contributed by atoms with Crippen LogP contribution in [0.15, 0.2) is 42.5 Å². The first-order chi connectivity index (χ1) is 8.20. The van der Waals surface area contributed by atoms with E-state index < -0.39 is 0 Å². The molecule has 0 saturated heterocycles. The van der Waals surface area contributed by atoms with Gasteiger partial charge in [0.15, 0.2) is 0 Å². The minimum atomic E-state index is 0.755. The highest BCUT2D eigenvalue weighted by Gasteiger charge is 2.03. The molecule has 17 heavy (non-hydrogen) atoms. The molecule has 2 aromatic carbocycles. The highest BCUT2D eigenvalue weighted by Crippen LogP contribution is 2.28. The molecular formula is C14H14ClNO. The average molecular weight is 248 g/mol. The minimum absolute atomic E-state index is 0.755. The van der Waals surface area contributed by atoms with E-state index in [1.165, 1.54) is 0 Å². The fourth-order valence-electron chi connectivity index (χ4n) is 1.57. The summed E-state index contributed by atoms with van der Waals surface area (Å²) >= 11 is 6.08. The van der Waals surface area contributed by atoms with E-state index in [1.54, 1.807) is 7.11 Å². The normalized spacial score (nSPS) is 10.1. The molecule has 0 aliphatic carbocycles. The lowest BCUT2D eigenvalue weighted by Crippen LogP contribution is -1.94. The third-order valence-electron chi connectivity index (χ3n) is 2.56. The van der Waals surface area contributed by atoms with Gasteiger partial charge in [-0.05, 0) is 36.8 Å². The zero-order valence-corrected chi connectivity index (χ0v) is 10.6. The number of benzene rings is 2. The van der Waals surface area contributed by atoms with Crippen LogP contribution in [-0.4, -0.2) is 7.11 Å². The van der Waals surface area contributed by atoms with Crippen molar-refractivity contribution < 1.29 is 4.74 Å². The van der Waals surface area contributed by atoms with Crippen LogP contribution in [0.1, 0.15) is 5.56 Å². The van der Waals surface area contributed by atoms with Crippen LogP contribution in [0, 0.1) is 6.92 Å². The predicted octanol–water partition coefficient (Wildman–Crippen LogP) is 4.40. The number of halogens is 1. The van der Waals surface area contributed by atoms with Gasteiger partial charge in [-0.15, -0.1) is 0 Å². The lowest BCUT2D eigenvalue weighted by Gasteiger charge is -2.11. The van der Waals surface area contributed by atoms with Crippen molar-refractivity contribution >= 4 is 23.0 Å². The smallest absolute Gasteiger partial charge is 0.142 e. The zero-order valence-electron chi connectivity index (χ0n) is 9.83. The number of anilines is 2. The summed E-state index contributed by atoms with van der Waals surface area (Å²) in [4.78, 5) is 0. The van der Waals surface area contributed by atoms with Crippen LogP contribution in [0.2, 0.25) is 5.02 Å². The molecule has 0 aliphatic heterocycles. The Morgan fingerprint density at radius 1 is 1.12 bits per heavy atom. The largest absolute Gasteiger partial charge is 0.495 e.